The van der Waals surface area contributed by atoms with E-state index in [0.29, 0.717) is 24.3 Å². The monoisotopic (exact) mass is 354 g/mol. The summed E-state index contributed by atoms with van der Waals surface area (Å²) in [6.45, 7) is 1.60. The molecule has 2 aromatic rings. The minimum Gasteiger partial charge on any atom is -0.370 e. The summed E-state index contributed by atoms with van der Waals surface area (Å²) in [5.74, 6) is 0.418. The first-order chi connectivity index (χ1) is 12.5. The standard InChI is InChI=1S/C20H26N4O2/c1-23-14-18(13-22-23)20(26)24-10-8-17(9-11-24)12-16-4-2-15(3-5-16)6-7-19(21)25/h2-5,13-14,17H,6-12H2,1H3,(H2,21,25). The summed E-state index contributed by atoms with van der Waals surface area (Å²) in [4.78, 5) is 25.3. The summed E-state index contributed by atoms with van der Waals surface area (Å²) >= 11 is 0. The largest absolute Gasteiger partial charge is 0.370 e. The van der Waals surface area contributed by atoms with Crippen molar-refractivity contribution in [2.24, 2.45) is 18.7 Å². The molecule has 2 N–H and O–H groups in total. The number of aromatic nitrogens is 2. The van der Waals surface area contributed by atoms with Crippen LogP contribution in [0.1, 0.15) is 40.7 Å². The van der Waals surface area contributed by atoms with Crippen LogP contribution in [0.3, 0.4) is 0 Å². The van der Waals surface area contributed by atoms with Crippen LogP contribution in [0.2, 0.25) is 0 Å². The fraction of sp³-hybridized carbons (Fsp3) is 0.450. The molecule has 2 amide bonds. The maximum atomic E-state index is 12.5. The summed E-state index contributed by atoms with van der Waals surface area (Å²) in [7, 11) is 1.82. The van der Waals surface area contributed by atoms with Crippen LogP contribution in [0.15, 0.2) is 36.7 Å². The molecular weight excluding hydrogens is 328 g/mol. The summed E-state index contributed by atoms with van der Waals surface area (Å²) < 4.78 is 1.66. The number of carbonyl (C=O) groups is 2. The molecule has 0 bridgehead atoms. The summed E-state index contributed by atoms with van der Waals surface area (Å²) in [5.41, 5.74) is 8.31. The van der Waals surface area contributed by atoms with Crippen molar-refractivity contribution in [3.05, 3.63) is 53.3 Å². The fourth-order valence-corrected chi connectivity index (χ4v) is 3.50. The van der Waals surface area contributed by atoms with Crippen LogP contribution < -0.4 is 5.73 Å². The van der Waals surface area contributed by atoms with E-state index in [2.05, 4.69) is 29.4 Å². The molecule has 2 heterocycles. The highest BCUT2D eigenvalue weighted by Crippen LogP contribution is 2.23. The van der Waals surface area contributed by atoms with Crippen molar-refractivity contribution in [1.29, 1.82) is 0 Å². The number of likely N-dealkylation sites (tertiary alicyclic amines) is 1. The lowest BCUT2D eigenvalue weighted by Gasteiger charge is -2.32. The van der Waals surface area contributed by atoms with E-state index in [-0.39, 0.29) is 11.8 Å². The number of nitrogens with zero attached hydrogens (tertiary/aromatic N) is 3. The number of nitrogens with two attached hydrogens (primary N) is 1. The van der Waals surface area contributed by atoms with Crippen LogP contribution in [0, 0.1) is 5.92 Å². The number of hydrogen-bond donors (Lipinski definition) is 1. The molecule has 0 saturated carbocycles. The number of rotatable bonds is 6. The molecule has 3 rings (SSSR count). The Bertz CT molecular complexity index is 758. The van der Waals surface area contributed by atoms with Gasteiger partial charge in [-0.05, 0) is 42.7 Å². The molecule has 1 fully saturated rings. The Morgan fingerprint density at radius 3 is 2.38 bits per heavy atom. The van der Waals surface area contributed by atoms with Gasteiger partial charge in [0.15, 0.2) is 0 Å². The fourth-order valence-electron chi connectivity index (χ4n) is 3.50. The molecule has 1 aliphatic heterocycles. The molecule has 0 spiro atoms. The van der Waals surface area contributed by atoms with Crippen molar-refractivity contribution in [3.8, 4) is 0 Å². The summed E-state index contributed by atoms with van der Waals surface area (Å²) in [6, 6.07) is 8.45. The lowest BCUT2D eigenvalue weighted by atomic mass is 9.89. The van der Waals surface area contributed by atoms with Crippen molar-refractivity contribution < 1.29 is 9.59 Å². The molecule has 0 atom stereocenters. The van der Waals surface area contributed by atoms with Gasteiger partial charge in [0, 0.05) is 32.8 Å². The van der Waals surface area contributed by atoms with Gasteiger partial charge in [0.2, 0.25) is 5.91 Å². The van der Waals surface area contributed by atoms with Gasteiger partial charge in [-0.25, -0.2) is 0 Å². The van der Waals surface area contributed by atoms with Gasteiger partial charge in [0.05, 0.1) is 11.8 Å². The third kappa shape index (κ3) is 4.71. The predicted molar refractivity (Wildman–Crippen MR) is 99.5 cm³/mol. The van der Waals surface area contributed by atoms with Gasteiger partial charge >= 0.3 is 0 Å². The predicted octanol–water partition coefficient (Wildman–Crippen LogP) is 1.93. The quantitative estimate of drug-likeness (QED) is 0.861. The number of piperidine rings is 1. The molecule has 1 aliphatic rings. The van der Waals surface area contributed by atoms with Gasteiger partial charge in [-0.15, -0.1) is 0 Å². The molecule has 1 aromatic heterocycles. The van der Waals surface area contributed by atoms with Crippen molar-refractivity contribution in [2.45, 2.75) is 32.1 Å². The average molecular weight is 354 g/mol. The molecular formula is C20H26N4O2. The number of primary amides is 1. The van der Waals surface area contributed by atoms with Crippen molar-refractivity contribution >= 4 is 11.8 Å². The summed E-state index contributed by atoms with van der Waals surface area (Å²) in [5, 5.41) is 4.08. The summed E-state index contributed by atoms with van der Waals surface area (Å²) in [6.07, 6.45) is 7.57. The molecule has 6 heteroatoms. The number of amides is 2. The van der Waals surface area contributed by atoms with E-state index in [1.165, 1.54) is 5.56 Å². The van der Waals surface area contributed by atoms with E-state index in [4.69, 9.17) is 5.73 Å². The SMILES string of the molecule is Cn1cc(C(=O)N2CCC(Cc3ccc(CCC(N)=O)cc3)CC2)cn1. The molecule has 1 aromatic carbocycles. The highest BCUT2D eigenvalue weighted by Gasteiger charge is 2.24. The zero-order chi connectivity index (χ0) is 18.5. The van der Waals surface area contributed by atoms with Crippen molar-refractivity contribution in [1.82, 2.24) is 14.7 Å². The second kappa shape index (κ2) is 8.17. The molecule has 0 aliphatic carbocycles. The van der Waals surface area contributed by atoms with E-state index in [1.807, 2.05) is 11.9 Å². The van der Waals surface area contributed by atoms with Crippen molar-refractivity contribution in [2.75, 3.05) is 13.1 Å². The smallest absolute Gasteiger partial charge is 0.257 e. The average Bonchev–Trinajstić information content (AvgIpc) is 3.07. The minimum atomic E-state index is -0.262. The Morgan fingerprint density at radius 2 is 1.81 bits per heavy atom. The number of hydrogen-bond acceptors (Lipinski definition) is 3. The molecule has 1 saturated heterocycles. The second-order valence-electron chi connectivity index (χ2n) is 7.13. The second-order valence-corrected chi connectivity index (χ2v) is 7.13. The Hall–Kier alpha value is -2.63. The first-order valence-corrected chi connectivity index (χ1v) is 9.15. The number of carbonyl (C=O) groups excluding carboxylic acids is 2. The maximum absolute atomic E-state index is 12.5. The molecule has 6 nitrogen and oxygen atoms in total. The van der Waals surface area contributed by atoms with Gasteiger partial charge in [-0.3, -0.25) is 14.3 Å². The van der Waals surface area contributed by atoms with Crippen LogP contribution >= 0.6 is 0 Å². The number of aryl methyl sites for hydroxylation is 2. The van der Waals surface area contributed by atoms with E-state index in [0.717, 1.165) is 37.9 Å². The van der Waals surface area contributed by atoms with E-state index < -0.39 is 0 Å². The topological polar surface area (TPSA) is 81.2 Å². The zero-order valence-electron chi connectivity index (χ0n) is 15.2. The molecule has 138 valence electrons. The van der Waals surface area contributed by atoms with E-state index in [9.17, 15) is 9.59 Å². The van der Waals surface area contributed by atoms with Gasteiger partial charge in [-0.2, -0.15) is 5.10 Å². The Morgan fingerprint density at radius 1 is 1.15 bits per heavy atom. The Labute approximate surface area is 154 Å². The maximum Gasteiger partial charge on any atom is 0.257 e. The van der Waals surface area contributed by atoms with E-state index in [1.54, 1.807) is 17.1 Å². The lowest BCUT2D eigenvalue weighted by molar-refractivity contribution is -0.117. The molecule has 0 radical (unpaired) electrons. The van der Waals surface area contributed by atoms with Gasteiger partial charge in [-0.1, -0.05) is 24.3 Å². The van der Waals surface area contributed by atoms with Gasteiger partial charge in [0.1, 0.15) is 0 Å². The van der Waals surface area contributed by atoms with Gasteiger partial charge < -0.3 is 10.6 Å². The Kier molecular flexibility index (Phi) is 5.71. The molecule has 0 unspecified atom stereocenters. The van der Waals surface area contributed by atoms with E-state index >= 15 is 0 Å². The third-order valence-electron chi connectivity index (χ3n) is 5.06. The zero-order valence-corrected chi connectivity index (χ0v) is 15.2. The lowest BCUT2D eigenvalue weighted by Crippen LogP contribution is -2.38. The minimum absolute atomic E-state index is 0.0790. The van der Waals surface area contributed by atoms with Crippen LogP contribution in [0.5, 0.6) is 0 Å². The first-order valence-electron chi connectivity index (χ1n) is 9.15. The third-order valence-corrected chi connectivity index (χ3v) is 5.06. The first kappa shape index (κ1) is 18.2. The van der Waals surface area contributed by atoms with Gasteiger partial charge in [0.25, 0.3) is 5.91 Å². The van der Waals surface area contributed by atoms with Crippen LogP contribution in [0.25, 0.3) is 0 Å². The Balaban J connectivity index is 1.48. The van der Waals surface area contributed by atoms with Crippen LogP contribution in [-0.2, 0) is 24.7 Å². The highest BCUT2D eigenvalue weighted by atomic mass is 16.2. The number of benzene rings is 1. The molecule has 26 heavy (non-hydrogen) atoms. The van der Waals surface area contributed by atoms with Crippen LogP contribution in [0.4, 0.5) is 0 Å². The highest BCUT2D eigenvalue weighted by molar-refractivity contribution is 5.93. The van der Waals surface area contributed by atoms with Crippen molar-refractivity contribution in [3.63, 3.8) is 0 Å². The van der Waals surface area contributed by atoms with Crippen LogP contribution in [-0.4, -0.2) is 39.6 Å². The normalized spacial score (nSPS) is 15.2.